The molecule has 0 atom stereocenters. The summed E-state index contributed by atoms with van der Waals surface area (Å²) in [6, 6.07) is 5.63. The maximum atomic E-state index is 8.78. The van der Waals surface area contributed by atoms with Crippen LogP contribution in [-0.2, 0) is 6.42 Å². The second-order valence-corrected chi connectivity index (χ2v) is 4.35. The molecule has 0 heterocycles. The van der Waals surface area contributed by atoms with Crippen molar-refractivity contribution in [3.05, 3.63) is 28.8 Å². The van der Waals surface area contributed by atoms with Crippen molar-refractivity contribution in [3.8, 4) is 5.75 Å². The minimum absolute atomic E-state index is 0.141. The minimum Gasteiger partial charge on any atom is -0.492 e. The molecule has 84 valence electrons. The van der Waals surface area contributed by atoms with Crippen molar-refractivity contribution in [1.82, 2.24) is 0 Å². The molecule has 0 saturated carbocycles. The van der Waals surface area contributed by atoms with Crippen molar-refractivity contribution in [1.29, 1.82) is 0 Å². The van der Waals surface area contributed by atoms with Crippen LogP contribution in [0, 0.1) is 5.92 Å². The van der Waals surface area contributed by atoms with E-state index in [4.69, 9.17) is 21.4 Å². The molecule has 0 fully saturated rings. The molecule has 0 radical (unpaired) electrons. The third-order valence-electron chi connectivity index (χ3n) is 1.97. The Balaban J connectivity index is 2.66. The first-order valence-corrected chi connectivity index (χ1v) is 5.53. The summed E-state index contributed by atoms with van der Waals surface area (Å²) in [6.45, 7) is 4.99. The summed E-state index contributed by atoms with van der Waals surface area (Å²) in [5, 5.41) is 9.39. The summed E-state index contributed by atoms with van der Waals surface area (Å²) in [4.78, 5) is 0. The van der Waals surface area contributed by atoms with Gasteiger partial charge in [0.1, 0.15) is 5.75 Å². The van der Waals surface area contributed by atoms with E-state index in [-0.39, 0.29) is 6.61 Å². The molecular formula is C12H17ClO2. The SMILES string of the molecule is CC(C)COc1ccc(CCO)cc1Cl. The van der Waals surface area contributed by atoms with Gasteiger partial charge in [-0.25, -0.2) is 0 Å². The van der Waals surface area contributed by atoms with Crippen LogP contribution in [0.2, 0.25) is 5.02 Å². The Hall–Kier alpha value is -0.730. The average molecular weight is 229 g/mol. The smallest absolute Gasteiger partial charge is 0.137 e. The van der Waals surface area contributed by atoms with Gasteiger partial charge in [0, 0.05) is 6.61 Å². The Morgan fingerprint density at radius 2 is 2.13 bits per heavy atom. The number of halogens is 1. The van der Waals surface area contributed by atoms with Gasteiger partial charge in [0.2, 0.25) is 0 Å². The fraction of sp³-hybridized carbons (Fsp3) is 0.500. The van der Waals surface area contributed by atoms with Crippen LogP contribution < -0.4 is 4.74 Å². The van der Waals surface area contributed by atoms with E-state index in [2.05, 4.69) is 13.8 Å². The number of hydrogen-bond acceptors (Lipinski definition) is 2. The number of rotatable bonds is 5. The Morgan fingerprint density at radius 1 is 1.40 bits per heavy atom. The highest BCUT2D eigenvalue weighted by molar-refractivity contribution is 6.32. The summed E-state index contributed by atoms with van der Waals surface area (Å²) < 4.78 is 5.54. The molecule has 1 rings (SSSR count). The third kappa shape index (κ3) is 4.10. The first kappa shape index (κ1) is 12.3. The minimum atomic E-state index is 0.141. The number of aliphatic hydroxyl groups is 1. The lowest BCUT2D eigenvalue weighted by Gasteiger charge is -2.10. The van der Waals surface area contributed by atoms with Crippen LogP contribution in [-0.4, -0.2) is 18.3 Å². The van der Waals surface area contributed by atoms with E-state index in [1.54, 1.807) is 0 Å². The topological polar surface area (TPSA) is 29.5 Å². The highest BCUT2D eigenvalue weighted by atomic mass is 35.5. The highest BCUT2D eigenvalue weighted by Gasteiger charge is 2.04. The molecule has 2 nitrogen and oxygen atoms in total. The lowest BCUT2D eigenvalue weighted by molar-refractivity contribution is 0.271. The van der Waals surface area contributed by atoms with Crippen molar-refractivity contribution in [2.45, 2.75) is 20.3 Å². The van der Waals surface area contributed by atoms with Gasteiger partial charge in [-0.15, -0.1) is 0 Å². The van der Waals surface area contributed by atoms with E-state index >= 15 is 0 Å². The van der Waals surface area contributed by atoms with Gasteiger partial charge in [-0.1, -0.05) is 31.5 Å². The summed E-state index contributed by atoms with van der Waals surface area (Å²) in [5.41, 5.74) is 1.03. The Bertz CT molecular complexity index is 310. The molecule has 1 aromatic rings. The van der Waals surface area contributed by atoms with Gasteiger partial charge in [-0.3, -0.25) is 0 Å². The predicted molar refractivity (Wildman–Crippen MR) is 62.6 cm³/mol. The second kappa shape index (κ2) is 5.99. The number of ether oxygens (including phenoxy) is 1. The fourth-order valence-electron chi connectivity index (χ4n) is 1.20. The molecule has 0 aliphatic heterocycles. The number of benzene rings is 1. The monoisotopic (exact) mass is 228 g/mol. The molecule has 1 aromatic carbocycles. The van der Waals surface area contributed by atoms with Crippen LogP contribution in [0.25, 0.3) is 0 Å². The first-order valence-electron chi connectivity index (χ1n) is 5.15. The van der Waals surface area contributed by atoms with Gasteiger partial charge in [0.05, 0.1) is 11.6 Å². The van der Waals surface area contributed by atoms with Crippen molar-refractivity contribution in [2.75, 3.05) is 13.2 Å². The summed E-state index contributed by atoms with van der Waals surface area (Å²) in [5.74, 6) is 1.20. The first-order chi connectivity index (χ1) is 7.13. The lowest BCUT2D eigenvalue weighted by Crippen LogP contribution is -2.05. The molecule has 0 aliphatic rings. The van der Waals surface area contributed by atoms with Crippen molar-refractivity contribution < 1.29 is 9.84 Å². The van der Waals surface area contributed by atoms with Gasteiger partial charge in [0.25, 0.3) is 0 Å². The lowest BCUT2D eigenvalue weighted by atomic mass is 10.1. The maximum Gasteiger partial charge on any atom is 0.137 e. The average Bonchev–Trinajstić information content (AvgIpc) is 2.17. The van der Waals surface area contributed by atoms with E-state index in [0.29, 0.717) is 29.7 Å². The Kier molecular flexibility index (Phi) is 4.92. The van der Waals surface area contributed by atoms with Crippen LogP contribution in [0.5, 0.6) is 5.75 Å². The maximum absolute atomic E-state index is 8.78. The molecule has 0 amide bonds. The molecule has 0 unspecified atom stereocenters. The van der Waals surface area contributed by atoms with Crippen molar-refractivity contribution >= 4 is 11.6 Å². The van der Waals surface area contributed by atoms with E-state index < -0.39 is 0 Å². The van der Waals surface area contributed by atoms with E-state index in [1.165, 1.54) is 0 Å². The van der Waals surface area contributed by atoms with E-state index in [1.807, 2.05) is 18.2 Å². The number of hydrogen-bond donors (Lipinski definition) is 1. The molecule has 15 heavy (non-hydrogen) atoms. The summed E-state index contributed by atoms with van der Waals surface area (Å²) in [6.07, 6.45) is 0.629. The zero-order valence-electron chi connectivity index (χ0n) is 9.16. The molecular weight excluding hydrogens is 212 g/mol. The van der Waals surface area contributed by atoms with Crippen LogP contribution >= 0.6 is 11.6 Å². The van der Waals surface area contributed by atoms with Gasteiger partial charge in [-0.2, -0.15) is 0 Å². The number of aliphatic hydroxyl groups excluding tert-OH is 1. The predicted octanol–water partition coefficient (Wildman–Crippen LogP) is 2.91. The largest absolute Gasteiger partial charge is 0.492 e. The Morgan fingerprint density at radius 3 is 2.67 bits per heavy atom. The van der Waals surface area contributed by atoms with Crippen LogP contribution in [0.15, 0.2) is 18.2 Å². The van der Waals surface area contributed by atoms with Crippen LogP contribution in [0.3, 0.4) is 0 Å². The van der Waals surface area contributed by atoms with Crippen LogP contribution in [0.1, 0.15) is 19.4 Å². The van der Waals surface area contributed by atoms with Gasteiger partial charge >= 0.3 is 0 Å². The van der Waals surface area contributed by atoms with Gasteiger partial charge in [0.15, 0.2) is 0 Å². The van der Waals surface area contributed by atoms with E-state index in [9.17, 15) is 0 Å². The second-order valence-electron chi connectivity index (χ2n) is 3.94. The normalized spacial score (nSPS) is 10.7. The molecule has 0 aromatic heterocycles. The van der Waals surface area contributed by atoms with Gasteiger partial charge < -0.3 is 9.84 Å². The molecule has 0 bridgehead atoms. The molecule has 0 aliphatic carbocycles. The zero-order chi connectivity index (χ0) is 11.3. The molecule has 1 N–H and O–H groups in total. The summed E-state index contributed by atoms with van der Waals surface area (Å²) in [7, 11) is 0. The quantitative estimate of drug-likeness (QED) is 0.840. The van der Waals surface area contributed by atoms with Crippen molar-refractivity contribution in [2.24, 2.45) is 5.92 Å². The molecule has 0 spiro atoms. The highest BCUT2D eigenvalue weighted by Crippen LogP contribution is 2.26. The fourth-order valence-corrected chi connectivity index (χ4v) is 1.46. The Labute approximate surface area is 95.8 Å². The summed E-state index contributed by atoms with van der Waals surface area (Å²) >= 11 is 6.04. The standard InChI is InChI=1S/C12H17ClO2/c1-9(2)8-15-12-4-3-10(5-6-14)7-11(12)13/h3-4,7,9,14H,5-6,8H2,1-2H3. The zero-order valence-corrected chi connectivity index (χ0v) is 9.92. The van der Waals surface area contributed by atoms with Gasteiger partial charge in [-0.05, 0) is 30.0 Å². The van der Waals surface area contributed by atoms with Crippen LogP contribution in [0.4, 0.5) is 0 Å². The molecule has 3 heteroatoms. The van der Waals surface area contributed by atoms with E-state index in [0.717, 1.165) is 5.56 Å². The van der Waals surface area contributed by atoms with Crippen molar-refractivity contribution in [3.63, 3.8) is 0 Å². The third-order valence-corrected chi connectivity index (χ3v) is 2.26. The molecule has 0 saturated heterocycles.